The van der Waals surface area contributed by atoms with Gasteiger partial charge in [-0.15, -0.1) is 0 Å². The number of halogens is 1. The number of benzene rings is 3. The molecule has 1 amide bonds. The number of rotatable bonds is 4. The molecule has 31 heavy (non-hydrogen) atoms. The van der Waals surface area contributed by atoms with Crippen LogP contribution in [0.5, 0.6) is 0 Å². The summed E-state index contributed by atoms with van der Waals surface area (Å²) in [6.07, 6.45) is 1.74. The van der Waals surface area contributed by atoms with E-state index >= 15 is 0 Å². The van der Waals surface area contributed by atoms with E-state index in [1.165, 1.54) is 12.1 Å². The van der Waals surface area contributed by atoms with Gasteiger partial charge in [0.2, 0.25) is 5.91 Å². The lowest BCUT2D eigenvalue weighted by molar-refractivity contribution is -0.116. The Balaban J connectivity index is 1.66. The highest BCUT2D eigenvalue weighted by atomic mass is 19.1. The monoisotopic (exact) mass is 410 g/mol. The SMILES string of the molecule is Cc1ccc(-c2nn(CC(=O)Nc3ccccc3)c3c2cnc2ccc(F)cc23)cc1. The number of pyridine rings is 1. The molecule has 2 aromatic heterocycles. The van der Waals surface area contributed by atoms with Crippen LogP contribution in [0.4, 0.5) is 10.1 Å². The fraction of sp³-hybridized carbons (Fsp3) is 0.0800. The highest BCUT2D eigenvalue weighted by Gasteiger charge is 2.18. The highest BCUT2D eigenvalue weighted by Crippen LogP contribution is 2.32. The number of hydrogen-bond donors (Lipinski definition) is 1. The molecule has 152 valence electrons. The number of anilines is 1. The lowest BCUT2D eigenvalue weighted by Gasteiger charge is -2.07. The summed E-state index contributed by atoms with van der Waals surface area (Å²) in [5.41, 5.74) is 4.80. The fourth-order valence-corrected chi connectivity index (χ4v) is 3.72. The minimum Gasteiger partial charge on any atom is -0.324 e. The maximum absolute atomic E-state index is 14.1. The summed E-state index contributed by atoms with van der Waals surface area (Å²) >= 11 is 0. The second kappa shape index (κ2) is 7.65. The highest BCUT2D eigenvalue weighted by molar-refractivity contribution is 6.08. The normalized spacial score (nSPS) is 11.2. The second-order valence-electron chi connectivity index (χ2n) is 7.47. The Morgan fingerprint density at radius 1 is 1.00 bits per heavy atom. The van der Waals surface area contributed by atoms with Crippen LogP contribution in [-0.4, -0.2) is 20.7 Å². The molecule has 0 aliphatic rings. The van der Waals surface area contributed by atoms with E-state index in [9.17, 15) is 9.18 Å². The molecule has 5 nitrogen and oxygen atoms in total. The van der Waals surface area contributed by atoms with Crippen LogP contribution in [-0.2, 0) is 11.3 Å². The van der Waals surface area contributed by atoms with Gasteiger partial charge in [-0.2, -0.15) is 5.10 Å². The number of nitrogens with one attached hydrogen (secondary N) is 1. The number of fused-ring (bicyclic) bond motifs is 3. The van der Waals surface area contributed by atoms with Crippen LogP contribution in [0.3, 0.4) is 0 Å². The Morgan fingerprint density at radius 2 is 1.77 bits per heavy atom. The molecule has 0 aliphatic carbocycles. The van der Waals surface area contributed by atoms with Crippen LogP contribution in [0.2, 0.25) is 0 Å². The van der Waals surface area contributed by atoms with Crippen molar-refractivity contribution in [2.24, 2.45) is 0 Å². The number of carbonyl (C=O) groups is 1. The largest absolute Gasteiger partial charge is 0.324 e. The fourth-order valence-electron chi connectivity index (χ4n) is 3.72. The maximum atomic E-state index is 14.1. The maximum Gasteiger partial charge on any atom is 0.246 e. The van der Waals surface area contributed by atoms with Crippen molar-refractivity contribution in [2.45, 2.75) is 13.5 Å². The molecule has 6 heteroatoms. The lowest BCUT2D eigenvalue weighted by atomic mass is 10.1. The topological polar surface area (TPSA) is 59.8 Å². The predicted octanol–water partition coefficient (Wildman–Crippen LogP) is 5.34. The van der Waals surface area contributed by atoms with Gasteiger partial charge >= 0.3 is 0 Å². The Hall–Kier alpha value is -4.06. The van der Waals surface area contributed by atoms with Crippen LogP contribution in [0, 0.1) is 12.7 Å². The van der Waals surface area contributed by atoms with Gasteiger partial charge in [-0.1, -0.05) is 48.0 Å². The number of carbonyl (C=O) groups excluding carboxylic acids is 1. The summed E-state index contributed by atoms with van der Waals surface area (Å²) in [5, 5.41) is 9.02. The first kappa shape index (κ1) is 18.9. The van der Waals surface area contributed by atoms with Crippen molar-refractivity contribution in [3.8, 4) is 11.3 Å². The minimum absolute atomic E-state index is 0.00706. The lowest BCUT2D eigenvalue weighted by Crippen LogP contribution is -2.19. The molecule has 0 saturated heterocycles. The molecular formula is C25H19FN4O. The van der Waals surface area contributed by atoms with E-state index in [0.29, 0.717) is 27.8 Å². The van der Waals surface area contributed by atoms with E-state index in [1.807, 2.05) is 61.5 Å². The molecule has 3 aromatic carbocycles. The Morgan fingerprint density at radius 3 is 2.55 bits per heavy atom. The standard InChI is InChI=1S/C25H19FN4O/c1-16-7-9-17(10-8-16)24-21-14-27-22-12-11-18(26)13-20(22)25(21)30(29-24)15-23(31)28-19-5-3-2-4-6-19/h2-14H,15H2,1H3,(H,28,31). The van der Waals surface area contributed by atoms with E-state index in [0.717, 1.165) is 16.5 Å². The first-order valence-corrected chi connectivity index (χ1v) is 9.95. The van der Waals surface area contributed by atoms with Crippen molar-refractivity contribution < 1.29 is 9.18 Å². The van der Waals surface area contributed by atoms with Crippen LogP contribution >= 0.6 is 0 Å². The van der Waals surface area contributed by atoms with Crippen molar-refractivity contribution in [1.29, 1.82) is 0 Å². The van der Waals surface area contributed by atoms with Gasteiger partial charge in [-0.25, -0.2) is 4.39 Å². The minimum atomic E-state index is -0.361. The van der Waals surface area contributed by atoms with Crippen molar-refractivity contribution in [2.75, 3.05) is 5.32 Å². The molecule has 0 atom stereocenters. The molecule has 5 rings (SSSR count). The van der Waals surface area contributed by atoms with E-state index in [1.54, 1.807) is 16.9 Å². The number of aryl methyl sites for hydroxylation is 1. The van der Waals surface area contributed by atoms with Crippen LogP contribution in [0.15, 0.2) is 79.0 Å². The molecule has 0 radical (unpaired) electrons. The summed E-state index contributed by atoms with van der Waals surface area (Å²) < 4.78 is 15.7. The summed E-state index contributed by atoms with van der Waals surface area (Å²) in [4.78, 5) is 17.3. The number of para-hydroxylation sites is 1. The van der Waals surface area contributed by atoms with Crippen molar-refractivity contribution >= 4 is 33.4 Å². The Bertz CT molecular complexity index is 1410. The first-order chi connectivity index (χ1) is 15.1. The third kappa shape index (κ3) is 3.64. The molecule has 0 aliphatic heterocycles. The predicted molar refractivity (Wildman–Crippen MR) is 120 cm³/mol. The summed E-state index contributed by atoms with van der Waals surface area (Å²) in [5.74, 6) is -0.576. The van der Waals surface area contributed by atoms with Crippen molar-refractivity contribution in [1.82, 2.24) is 14.8 Å². The smallest absolute Gasteiger partial charge is 0.246 e. The van der Waals surface area contributed by atoms with Crippen LogP contribution < -0.4 is 5.32 Å². The molecular weight excluding hydrogens is 391 g/mol. The average Bonchev–Trinajstić information content (AvgIpc) is 3.13. The van der Waals surface area contributed by atoms with Gasteiger partial charge in [0.25, 0.3) is 0 Å². The number of aromatic nitrogens is 3. The average molecular weight is 410 g/mol. The van der Waals surface area contributed by atoms with Gasteiger partial charge in [0.05, 0.1) is 11.0 Å². The summed E-state index contributed by atoms with van der Waals surface area (Å²) in [7, 11) is 0. The number of nitrogens with zero attached hydrogens (tertiary/aromatic N) is 3. The van der Waals surface area contributed by atoms with Gasteiger partial charge < -0.3 is 5.32 Å². The molecule has 0 unspecified atom stereocenters. The van der Waals surface area contributed by atoms with Gasteiger partial charge in [0, 0.05) is 28.2 Å². The number of hydrogen-bond acceptors (Lipinski definition) is 3. The van der Waals surface area contributed by atoms with E-state index in [-0.39, 0.29) is 18.3 Å². The van der Waals surface area contributed by atoms with Crippen LogP contribution in [0.1, 0.15) is 5.56 Å². The molecule has 0 bridgehead atoms. The third-order valence-corrected chi connectivity index (χ3v) is 5.21. The van der Waals surface area contributed by atoms with Gasteiger partial charge in [-0.3, -0.25) is 14.5 Å². The molecule has 0 spiro atoms. The Kier molecular flexibility index (Phi) is 4.67. The van der Waals surface area contributed by atoms with Gasteiger partial charge in [0.1, 0.15) is 18.1 Å². The van der Waals surface area contributed by atoms with E-state index < -0.39 is 0 Å². The molecule has 2 heterocycles. The van der Waals surface area contributed by atoms with E-state index in [2.05, 4.69) is 10.3 Å². The Labute approximate surface area is 178 Å². The number of amides is 1. The van der Waals surface area contributed by atoms with Gasteiger partial charge in [-0.05, 0) is 37.3 Å². The van der Waals surface area contributed by atoms with E-state index in [4.69, 9.17) is 5.10 Å². The zero-order valence-corrected chi connectivity index (χ0v) is 16.8. The molecule has 0 fully saturated rings. The first-order valence-electron chi connectivity index (χ1n) is 9.95. The molecule has 5 aromatic rings. The third-order valence-electron chi connectivity index (χ3n) is 5.21. The second-order valence-corrected chi connectivity index (χ2v) is 7.47. The molecule has 1 N–H and O–H groups in total. The van der Waals surface area contributed by atoms with Crippen LogP contribution in [0.25, 0.3) is 33.1 Å². The zero-order valence-electron chi connectivity index (χ0n) is 16.8. The van der Waals surface area contributed by atoms with Gasteiger partial charge in [0.15, 0.2) is 0 Å². The summed E-state index contributed by atoms with van der Waals surface area (Å²) in [6.45, 7) is 2.01. The van der Waals surface area contributed by atoms with Crippen molar-refractivity contribution in [3.63, 3.8) is 0 Å². The summed E-state index contributed by atoms with van der Waals surface area (Å²) in [6, 6.07) is 21.7. The quantitative estimate of drug-likeness (QED) is 0.435. The molecule has 0 saturated carbocycles. The van der Waals surface area contributed by atoms with Crippen molar-refractivity contribution in [3.05, 3.63) is 90.4 Å². The zero-order chi connectivity index (χ0) is 21.4.